The van der Waals surface area contributed by atoms with Gasteiger partial charge in [0.25, 0.3) is 0 Å². The maximum atomic E-state index is 13.5. The van der Waals surface area contributed by atoms with E-state index in [9.17, 15) is 18.0 Å². The number of hydrogen-bond acceptors (Lipinski definition) is 9. The molecule has 0 aliphatic carbocycles. The molecular weight excluding hydrogens is 600 g/mol. The number of amides is 1. The van der Waals surface area contributed by atoms with Crippen LogP contribution in [-0.4, -0.2) is 69.5 Å². The second-order valence-corrected chi connectivity index (χ2v) is 19.9. The summed E-state index contributed by atoms with van der Waals surface area (Å²) in [6.45, 7) is 16.3. The summed E-state index contributed by atoms with van der Waals surface area (Å²) in [6.07, 6.45) is -1.19. The number of nitrogens with zero attached hydrogens (tertiary/aromatic N) is 6. The molecule has 0 radical (unpaired) electrons. The summed E-state index contributed by atoms with van der Waals surface area (Å²) < 4.78 is 53.9. The van der Waals surface area contributed by atoms with Crippen LogP contribution in [-0.2, 0) is 22.4 Å². The molecule has 4 heterocycles. The number of anilines is 1. The minimum absolute atomic E-state index is 0.0641. The van der Waals surface area contributed by atoms with Gasteiger partial charge in [-0.3, -0.25) is 9.55 Å². The van der Waals surface area contributed by atoms with Crippen molar-refractivity contribution in [2.75, 3.05) is 24.6 Å². The highest BCUT2D eigenvalue weighted by Crippen LogP contribution is 2.38. The summed E-state index contributed by atoms with van der Waals surface area (Å²) in [4.78, 5) is 31.9. The lowest BCUT2D eigenvalue weighted by Gasteiger charge is -2.40. The lowest BCUT2D eigenvalue weighted by atomic mass is 9.90. The third kappa shape index (κ3) is 9.05. The van der Waals surface area contributed by atoms with Crippen LogP contribution in [0.15, 0.2) is 34.4 Å². The summed E-state index contributed by atoms with van der Waals surface area (Å²) in [7, 11) is -1.31. The van der Waals surface area contributed by atoms with Crippen molar-refractivity contribution < 1.29 is 27.4 Å². The number of nitrogens with one attached hydrogen (secondary N) is 1. The Morgan fingerprint density at radius 1 is 1.14 bits per heavy atom. The van der Waals surface area contributed by atoms with E-state index in [4.69, 9.17) is 14.5 Å². The molecule has 1 aliphatic rings. The van der Waals surface area contributed by atoms with Crippen molar-refractivity contribution in [3.05, 3.63) is 30.2 Å². The molecule has 236 valence electrons. The van der Waals surface area contributed by atoms with Crippen molar-refractivity contribution in [3.63, 3.8) is 0 Å². The molecule has 3 aromatic rings. The molecule has 1 N–H and O–H groups in total. The number of alkyl halides is 3. The Kier molecular flexibility index (Phi) is 9.67. The summed E-state index contributed by atoms with van der Waals surface area (Å²) >= 11 is 0.842. The van der Waals surface area contributed by atoms with Crippen LogP contribution in [0.1, 0.15) is 46.2 Å². The predicted molar refractivity (Wildman–Crippen MR) is 162 cm³/mol. The van der Waals surface area contributed by atoms with Gasteiger partial charge in [0.1, 0.15) is 17.4 Å². The first-order valence-electron chi connectivity index (χ1n) is 14.2. The van der Waals surface area contributed by atoms with Gasteiger partial charge in [0.2, 0.25) is 11.6 Å². The zero-order valence-corrected chi connectivity index (χ0v) is 27.5. The largest absolute Gasteiger partial charge is 0.444 e. The smallest absolute Gasteiger partial charge is 0.434 e. The summed E-state index contributed by atoms with van der Waals surface area (Å²) in [5.41, 5.74) is -1.23. The fraction of sp³-hybridized carbons (Fsp3) is 0.607. The van der Waals surface area contributed by atoms with Crippen LogP contribution < -0.4 is 10.2 Å². The molecule has 0 bridgehead atoms. The maximum absolute atomic E-state index is 13.5. The fourth-order valence-electron chi connectivity index (χ4n) is 4.49. The average molecular weight is 640 g/mol. The van der Waals surface area contributed by atoms with Crippen LogP contribution in [0.3, 0.4) is 0 Å². The number of pyridine rings is 1. The molecule has 4 rings (SSSR count). The monoisotopic (exact) mass is 639 g/mol. The van der Waals surface area contributed by atoms with E-state index in [0.717, 1.165) is 24.0 Å². The standard InChI is InChI=1S/C28H40F3N7O3SSi/c1-26(2,3)41-25(39)36-27(4)10-13-37(14-11-27)24-35-22-23(38(24)18-40-15-16-43(5,6)7)33-17-20(34-22)42-19-9-8-12-32-21(19)28(29,30)31/h8-9,12,17H,10-11,13-16,18H2,1-7H3,(H,36,39). The zero-order valence-electron chi connectivity index (χ0n) is 25.7. The lowest BCUT2D eigenvalue weighted by Crippen LogP contribution is -2.54. The van der Waals surface area contributed by atoms with E-state index in [1.165, 1.54) is 18.3 Å². The van der Waals surface area contributed by atoms with Crippen LogP contribution >= 0.6 is 11.8 Å². The number of piperidine rings is 1. The third-order valence-electron chi connectivity index (χ3n) is 6.84. The second-order valence-electron chi connectivity index (χ2n) is 13.2. The molecule has 0 unspecified atom stereocenters. The Morgan fingerprint density at radius 3 is 2.47 bits per heavy atom. The highest BCUT2D eigenvalue weighted by Gasteiger charge is 2.36. The molecule has 0 spiro atoms. The third-order valence-corrected chi connectivity index (χ3v) is 9.50. The number of carbonyl (C=O) groups excluding carboxylic acids is 1. The first-order chi connectivity index (χ1) is 19.9. The van der Waals surface area contributed by atoms with Gasteiger partial charge >= 0.3 is 12.3 Å². The summed E-state index contributed by atoms with van der Waals surface area (Å²) in [6, 6.07) is 3.81. The van der Waals surface area contributed by atoms with Crippen molar-refractivity contribution in [2.24, 2.45) is 0 Å². The van der Waals surface area contributed by atoms with E-state index < -0.39 is 37.2 Å². The van der Waals surface area contributed by atoms with Gasteiger partial charge in [-0.2, -0.15) is 18.2 Å². The SMILES string of the molecule is CC1(NC(=O)OC(C)(C)C)CCN(c2nc3nc(Sc4cccnc4C(F)(F)F)cnc3n2COCC[Si](C)(C)C)CC1. The Morgan fingerprint density at radius 2 is 1.84 bits per heavy atom. The molecule has 15 heteroatoms. The number of aromatic nitrogens is 5. The highest BCUT2D eigenvalue weighted by atomic mass is 32.2. The van der Waals surface area contributed by atoms with E-state index in [1.54, 1.807) is 0 Å². The number of rotatable bonds is 9. The zero-order chi connectivity index (χ0) is 31.6. The van der Waals surface area contributed by atoms with Crippen molar-refractivity contribution in [1.82, 2.24) is 29.8 Å². The van der Waals surface area contributed by atoms with Gasteiger partial charge in [-0.05, 0) is 58.7 Å². The molecule has 10 nitrogen and oxygen atoms in total. The van der Waals surface area contributed by atoms with E-state index in [1.807, 2.05) is 32.3 Å². The Balaban J connectivity index is 1.57. The van der Waals surface area contributed by atoms with Gasteiger partial charge in [-0.1, -0.05) is 31.4 Å². The first kappa shape index (κ1) is 33.0. The van der Waals surface area contributed by atoms with Gasteiger partial charge in [0, 0.05) is 44.4 Å². The van der Waals surface area contributed by atoms with Crippen molar-refractivity contribution in [2.45, 2.75) is 100 Å². The molecule has 3 aromatic heterocycles. The van der Waals surface area contributed by atoms with Gasteiger partial charge in [0.05, 0.1) is 6.20 Å². The maximum Gasteiger partial charge on any atom is 0.434 e. The summed E-state index contributed by atoms with van der Waals surface area (Å²) in [5.74, 6) is 0.613. The molecule has 1 amide bonds. The van der Waals surface area contributed by atoms with Gasteiger partial charge in [-0.15, -0.1) is 0 Å². The molecule has 1 aliphatic heterocycles. The first-order valence-corrected chi connectivity index (χ1v) is 18.7. The number of hydrogen-bond donors (Lipinski definition) is 1. The lowest BCUT2D eigenvalue weighted by molar-refractivity contribution is -0.143. The van der Waals surface area contributed by atoms with E-state index in [0.29, 0.717) is 49.8 Å². The van der Waals surface area contributed by atoms with Gasteiger partial charge in [0.15, 0.2) is 11.3 Å². The van der Waals surface area contributed by atoms with Crippen LogP contribution in [0.5, 0.6) is 0 Å². The average Bonchev–Trinajstić information content (AvgIpc) is 3.22. The molecule has 43 heavy (non-hydrogen) atoms. The summed E-state index contributed by atoms with van der Waals surface area (Å²) in [5, 5.41) is 3.29. The highest BCUT2D eigenvalue weighted by molar-refractivity contribution is 7.99. The Labute approximate surface area is 255 Å². The Bertz CT molecular complexity index is 1430. The fourth-order valence-corrected chi connectivity index (χ4v) is 6.12. The van der Waals surface area contributed by atoms with E-state index in [2.05, 4.69) is 44.8 Å². The Hall–Kier alpha value is -2.91. The number of fused-ring (bicyclic) bond motifs is 1. The normalized spacial score (nSPS) is 16.0. The number of alkyl carbamates (subject to hydrolysis) is 1. The molecule has 1 fully saturated rings. The van der Waals surface area contributed by atoms with Crippen LogP contribution in [0.25, 0.3) is 11.3 Å². The van der Waals surface area contributed by atoms with Crippen LogP contribution in [0.2, 0.25) is 25.7 Å². The van der Waals surface area contributed by atoms with Crippen LogP contribution in [0.4, 0.5) is 23.9 Å². The molecular formula is C28H40F3N7O3SSi. The number of ether oxygens (including phenoxy) is 2. The molecule has 1 saturated heterocycles. The van der Waals surface area contributed by atoms with Crippen molar-refractivity contribution >= 4 is 43.2 Å². The predicted octanol–water partition coefficient (Wildman–Crippen LogP) is 6.59. The molecule has 0 aromatic carbocycles. The van der Waals surface area contributed by atoms with E-state index in [-0.39, 0.29) is 16.7 Å². The number of imidazole rings is 1. The minimum Gasteiger partial charge on any atom is -0.444 e. The van der Waals surface area contributed by atoms with Crippen molar-refractivity contribution in [3.8, 4) is 0 Å². The number of halogens is 3. The molecule has 0 atom stereocenters. The number of carbonyl (C=O) groups is 1. The quantitative estimate of drug-likeness (QED) is 0.205. The minimum atomic E-state index is -4.59. The van der Waals surface area contributed by atoms with Crippen molar-refractivity contribution in [1.29, 1.82) is 0 Å². The topological polar surface area (TPSA) is 107 Å². The van der Waals surface area contributed by atoms with Crippen LogP contribution in [0, 0.1) is 0 Å². The van der Waals surface area contributed by atoms with E-state index >= 15 is 0 Å². The second kappa shape index (κ2) is 12.6. The molecule has 0 saturated carbocycles. The van der Waals surface area contributed by atoms with Gasteiger partial charge < -0.3 is 19.7 Å². The van der Waals surface area contributed by atoms with Gasteiger partial charge in [-0.25, -0.2) is 14.8 Å².